The molecule has 0 fully saturated rings. The molecule has 4 atom stereocenters. The first kappa shape index (κ1) is 21.1. The molecule has 4 unspecified atom stereocenters. The summed E-state index contributed by atoms with van der Waals surface area (Å²) >= 11 is 0. The van der Waals surface area contributed by atoms with E-state index in [-0.39, 0.29) is 6.42 Å². The minimum atomic E-state index is -1.59. The molecule has 1 rings (SSSR count). The van der Waals surface area contributed by atoms with Crippen LogP contribution in [0.3, 0.4) is 0 Å². The molecular weight excluding hydrogens is 348 g/mol. The van der Waals surface area contributed by atoms with E-state index in [1.165, 1.54) is 19.4 Å². The highest BCUT2D eigenvalue weighted by atomic mass is 16.4. The summed E-state index contributed by atoms with van der Waals surface area (Å²) in [4.78, 5) is 52.8. The Morgan fingerprint density at radius 1 is 1.27 bits per heavy atom. The zero-order valence-corrected chi connectivity index (χ0v) is 14.0. The lowest BCUT2D eigenvalue weighted by Gasteiger charge is -2.24. The Hall–Kier alpha value is -2.99. The van der Waals surface area contributed by atoms with E-state index in [2.05, 4.69) is 15.3 Å². The van der Waals surface area contributed by atoms with Gasteiger partial charge in [-0.25, -0.2) is 9.78 Å². The number of aromatic amines is 1. The maximum absolute atomic E-state index is 12.2. The van der Waals surface area contributed by atoms with Crippen molar-refractivity contribution >= 4 is 23.7 Å². The molecule has 12 nitrogen and oxygen atoms in total. The number of nitrogens with one attached hydrogen (secondary N) is 3. The first-order valence-corrected chi connectivity index (χ1v) is 7.64. The first-order valence-electron chi connectivity index (χ1n) is 7.64. The Bertz CT molecular complexity index is 646. The average molecular weight is 370 g/mol. The highest BCUT2D eigenvalue weighted by molar-refractivity contribution is 5.93. The Kier molecular flexibility index (Phi) is 7.68. The SMILES string of the molecule is CC(O)C(NC(=O)C(N)Cc1cnc[nH]1)C(=O)NC(CC(N)=O)C(=O)O. The molecule has 0 bridgehead atoms. The summed E-state index contributed by atoms with van der Waals surface area (Å²) in [6.07, 6.45) is 1.02. The van der Waals surface area contributed by atoms with E-state index in [0.717, 1.165) is 0 Å². The fraction of sp³-hybridized carbons (Fsp3) is 0.500. The van der Waals surface area contributed by atoms with Crippen LogP contribution in [-0.4, -0.2) is 68.1 Å². The maximum Gasteiger partial charge on any atom is 0.326 e. The number of carbonyl (C=O) groups excluding carboxylic acids is 3. The molecule has 0 radical (unpaired) electrons. The number of nitrogens with zero attached hydrogens (tertiary/aromatic N) is 1. The largest absolute Gasteiger partial charge is 0.480 e. The zero-order chi connectivity index (χ0) is 19.9. The number of amides is 3. The van der Waals surface area contributed by atoms with Gasteiger partial charge in [-0.05, 0) is 6.92 Å². The van der Waals surface area contributed by atoms with Gasteiger partial charge >= 0.3 is 5.97 Å². The van der Waals surface area contributed by atoms with Crippen molar-refractivity contribution in [1.29, 1.82) is 0 Å². The zero-order valence-electron chi connectivity index (χ0n) is 14.0. The van der Waals surface area contributed by atoms with Crippen LogP contribution in [0.15, 0.2) is 12.5 Å². The van der Waals surface area contributed by atoms with E-state index in [0.29, 0.717) is 5.69 Å². The highest BCUT2D eigenvalue weighted by Crippen LogP contribution is 2.01. The third-order valence-corrected chi connectivity index (χ3v) is 3.41. The molecule has 1 heterocycles. The number of nitrogens with two attached hydrogens (primary N) is 2. The molecule has 0 aliphatic rings. The number of rotatable bonds is 10. The van der Waals surface area contributed by atoms with Crippen molar-refractivity contribution in [3.63, 3.8) is 0 Å². The lowest BCUT2D eigenvalue weighted by molar-refractivity contribution is -0.144. The van der Waals surface area contributed by atoms with Gasteiger partial charge in [-0.3, -0.25) is 14.4 Å². The van der Waals surface area contributed by atoms with E-state index in [4.69, 9.17) is 16.6 Å². The molecule has 0 aliphatic carbocycles. The second-order valence-electron chi connectivity index (χ2n) is 5.68. The number of imidazole rings is 1. The monoisotopic (exact) mass is 370 g/mol. The number of carboxylic acids is 1. The van der Waals surface area contributed by atoms with E-state index in [1.807, 2.05) is 5.32 Å². The van der Waals surface area contributed by atoms with Gasteiger partial charge in [0.2, 0.25) is 17.7 Å². The van der Waals surface area contributed by atoms with Crippen molar-refractivity contribution in [1.82, 2.24) is 20.6 Å². The van der Waals surface area contributed by atoms with Gasteiger partial charge in [-0.2, -0.15) is 0 Å². The molecular formula is C14H22N6O6. The average Bonchev–Trinajstić information content (AvgIpc) is 3.03. The van der Waals surface area contributed by atoms with Crippen LogP contribution in [0.25, 0.3) is 0 Å². The third kappa shape index (κ3) is 6.49. The fourth-order valence-corrected chi connectivity index (χ4v) is 2.05. The standard InChI is InChI=1S/C14H22N6O6/c1-6(21)11(13(24)19-9(14(25)26)3-10(16)22)20-12(23)8(15)2-7-4-17-5-18-7/h4-6,8-9,11,21H,2-3,15H2,1H3,(H2,16,22)(H,17,18)(H,19,24)(H,20,23)(H,25,26). The summed E-state index contributed by atoms with van der Waals surface area (Å²) in [7, 11) is 0. The van der Waals surface area contributed by atoms with E-state index < -0.39 is 54.3 Å². The molecule has 1 aromatic heterocycles. The summed E-state index contributed by atoms with van der Waals surface area (Å²) in [5.74, 6) is -4.14. The Morgan fingerprint density at radius 3 is 2.38 bits per heavy atom. The van der Waals surface area contributed by atoms with Crippen molar-refractivity contribution in [3.05, 3.63) is 18.2 Å². The van der Waals surface area contributed by atoms with Gasteiger partial charge in [0.15, 0.2) is 0 Å². The molecule has 3 amide bonds. The number of hydrogen-bond donors (Lipinski definition) is 7. The minimum Gasteiger partial charge on any atom is -0.480 e. The van der Waals surface area contributed by atoms with Crippen LogP contribution in [0.1, 0.15) is 19.0 Å². The summed E-state index contributed by atoms with van der Waals surface area (Å²) in [5, 5.41) is 23.0. The molecule has 0 spiro atoms. The van der Waals surface area contributed by atoms with Gasteiger partial charge in [-0.1, -0.05) is 0 Å². The predicted octanol–water partition coefficient (Wildman–Crippen LogP) is -3.41. The maximum atomic E-state index is 12.2. The van der Waals surface area contributed by atoms with Crippen LogP contribution < -0.4 is 22.1 Å². The van der Waals surface area contributed by atoms with Crippen molar-refractivity contribution in [3.8, 4) is 0 Å². The van der Waals surface area contributed by atoms with Gasteiger partial charge < -0.3 is 37.3 Å². The summed E-state index contributed by atoms with van der Waals surface area (Å²) in [5.41, 5.74) is 11.3. The van der Waals surface area contributed by atoms with Crippen molar-refractivity contribution in [2.75, 3.05) is 0 Å². The Balaban J connectivity index is 2.74. The van der Waals surface area contributed by atoms with Crippen LogP contribution in [0.5, 0.6) is 0 Å². The number of aliphatic carboxylic acids is 1. The molecule has 9 N–H and O–H groups in total. The number of H-pyrrole nitrogens is 1. The minimum absolute atomic E-state index is 0.111. The number of carboxylic acid groups (broad SMARTS) is 1. The number of aliphatic hydroxyl groups excluding tert-OH is 1. The molecule has 0 saturated carbocycles. The Labute approximate surface area is 148 Å². The van der Waals surface area contributed by atoms with Crippen LogP contribution in [-0.2, 0) is 25.6 Å². The summed E-state index contributed by atoms with van der Waals surface area (Å²) in [6, 6.07) is -4.09. The Morgan fingerprint density at radius 2 is 1.92 bits per heavy atom. The second kappa shape index (κ2) is 9.48. The van der Waals surface area contributed by atoms with E-state index >= 15 is 0 Å². The highest BCUT2D eigenvalue weighted by Gasteiger charge is 2.31. The molecule has 144 valence electrons. The van der Waals surface area contributed by atoms with Gasteiger partial charge in [0, 0.05) is 18.3 Å². The molecule has 0 aliphatic heterocycles. The van der Waals surface area contributed by atoms with Crippen molar-refractivity contribution < 1.29 is 29.4 Å². The molecule has 26 heavy (non-hydrogen) atoms. The summed E-state index contributed by atoms with van der Waals surface area (Å²) < 4.78 is 0. The van der Waals surface area contributed by atoms with Crippen LogP contribution in [0.2, 0.25) is 0 Å². The van der Waals surface area contributed by atoms with Gasteiger partial charge in [0.1, 0.15) is 12.1 Å². The predicted molar refractivity (Wildman–Crippen MR) is 87.3 cm³/mol. The fourth-order valence-electron chi connectivity index (χ4n) is 2.05. The number of aromatic nitrogens is 2. The molecule has 1 aromatic rings. The number of hydrogen-bond acceptors (Lipinski definition) is 7. The van der Waals surface area contributed by atoms with Crippen molar-refractivity contribution in [2.24, 2.45) is 11.5 Å². The van der Waals surface area contributed by atoms with Crippen LogP contribution >= 0.6 is 0 Å². The summed E-state index contributed by atoms with van der Waals surface area (Å²) in [6.45, 7) is 1.23. The number of primary amides is 1. The molecule has 0 saturated heterocycles. The topological polar surface area (TPSA) is 214 Å². The number of aliphatic hydroxyl groups is 1. The van der Waals surface area contributed by atoms with Gasteiger partial charge in [0.05, 0.1) is 24.9 Å². The first-order chi connectivity index (χ1) is 12.1. The van der Waals surface area contributed by atoms with Gasteiger partial charge in [0.25, 0.3) is 0 Å². The second-order valence-corrected chi connectivity index (χ2v) is 5.68. The molecule has 0 aromatic carbocycles. The van der Waals surface area contributed by atoms with Crippen LogP contribution in [0.4, 0.5) is 0 Å². The van der Waals surface area contributed by atoms with E-state index in [1.54, 1.807) is 0 Å². The van der Waals surface area contributed by atoms with Gasteiger partial charge in [-0.15, -0.1) is 0 Å². The number of carbonyl (C=O) groups is 4. The smallest absolute Gasteiger partial charge is 0.326 e. The lowest BCUT2D eigenvalue weighted by Crippen LogP contribution is -2.58. The lowest BCUT2D eigenvalue weighted by atomic mass is 10.1. The van der Waals surface area contributed by atoms with Crippen molar-refractivity contribution in [2.45, 2.75) is 44.0 Å². The van der Waals surface area contributed by atoms with E-state index in [9.17, 15) is 24.3 Å². The van der Waals surface area contributed by atoms with Crippen LogP contribution in [0, 0.1) is 0 Å². The molecule has 12 heteroatoms. The quantitative estimate of drug-likeness (QED) is 0.220. The third-order valence-electron chi connectivity index (χ3n) is 3.41. The normalized spacial score (nSPS) is 15.3.